The van der Waals surface area contributed by atoms with E-state index in [1.165, 1.54) is 35.7 Å². The number of halogens is 1. The molecule has 76 valence electrons. The van der Waals surface area contributed by atoms with Crippen LogP contribution in [0.5, 0.6) is 0 Å². The van der Waals surface area contributed by atoms with Gasteiger partial charge in [0, 0.05) is 10.5 Å². The fraction of sp³-hybridized carbons (Fsp3) is 0.500. The molecule has 1 fully saturated rings. The first-order chi connectivity index (χ1) is 6.88. The molecule has 0 amide bonds. The Morgan fingerprint density at radius 1 is 1.14 bits per heavy atom. The Morgan fingerprint density at radius 2 is 2.00 bits per heavy atom. The van der Waals surface area contributed by atoms with E-state index in [4.69, 9.17) is 0 Å². The van der Waals surface area contributed by atoms with E-state index in [1.54, 1.807) is 0 Å². The highest BCUT2D eigenvalue weighted by atomic mass is 79.9. The lowest BCUT2D eigenvalue weighted by atomic mass is 10.0. The van der Waals surface area contributed by atoms with Crippen molar-refractivity contribution in [1.82, 2.24) is 5.32 Å². The summed E-state index contributed by atoms with van der Waals surface area (Å²) in [5.41, 5.74) is 1.41. The first-order valence-corrected chi connectivity index (χ1v) is 6.15. The summed E-state index contributed by atoms with van der Waals surface area (Å²) in [6.45, 7) is 1.16. The lowest BCUT2D eigenvalue weighted by molar-refractivity contribution is 0.533. The molecule has 1 aromatic rings. The molecule has 0 aliphatic carbocycles. The lowest BCUT2D eigenvalue weighted by Crippen LogP contribution is -2.20. The molecule has 1 N–H and O–H groups in total. The second-order valence-corrected chi connectivity index (χ2v) is 4.73. The fourth-order valence-corrected chi connectivity index (χ4v) is 2.61. The Bertz CT molecular complexity index is 290. The van der Waals surface area contributed by atoms with Crippen LogP contribution in [0.1, 0.15) is 37.3 Å². The minimum Gasteiger partial charge on any atom is -0.310 e. The molecule has 0 bridgehead atoms. The highest BCUT2D eigenvalue weighted by molar-refractivity contribution is 9.10. The molecule has 14 heavy (non-hydrogen) atoms. The van der Waals surface area contributed by atoms with E-state index in [0.29, 0.717) is 6.04 Å². The molecule has 1 nitrogen and oxygen atoms in total. The standard InChI is InChI=1S/C12H16BrN/c13-11-7-4-3-6-10(11)12-8-2-1-5-9-14-12/h3-4,6-7,12,14H,1-2,5,8-9H2/t12-/m0/s1. The molecule has 1 aliphatic rings. The first kappa shape index (κ1) is 10.2. The molecule has 1 aliphatic heterocycles. The van der Waals surface area contributed by atoms with Crippen molar-refractivity contribution in [2.24, 2.45) is 0 Å². The van der Waals surface area contributed by atoms with Gasteiger partial charge < -0.3 is 5.32 Å². The first-order valence-electron chi connectivity index (χ1n) is 5.36. The minimum atomic E-state index is 0.549. The number of rotatable bonds is 1. The van der Waals surface area contributed by atoms with Gasteiger partial charge in [-0.1, -0.05) is 47.0 Å². The van der Waals surface area contributed by atoms with Crippen LogP contribution >= 0.6 is 15.9 Å². The second-order valence-electron chi connectivity index (χ2n) is 3.88. The topological polar surface area (TPSA) is 12.0 Å². The van der Waals surface area contributed by atoms with Crippen LogP contribution in [-0.4, -0.2) is 6.54 Å². The third-order valence-corrected chi connectivity index (χ3v) is 3.56. The zero-order chi connectivity index (χ0) is 9.80. The van der Waals surface area contributed by atoms with Crippen LogP contribution in [0.15, 0.2) is 28.7 Å². The van der Waals surface area contributed by atoms with Crippen LogP contribution in [0.2, 0.25) is 0 Å². The normalized spacial score (nSPS) is 23.1. The average Bonchev–Trinajstić information content (AvgIpc) is 2.47. The van der Waals surface area contributed by atoms with Gasteiger partial charge in [-0.2, -0.15) is 0 Å². The third kappa shape index (κ3) is 2.37. The maximum Gasteiger partial charge on any atom is 0.0331 e. The molecule has 0 aromatic heterocycles. The van der Waals surface area contributed by atoms with Gasteiger partial charge in [-0.15, -0.1) is 0 Å². The van der Waals surface area contributed by atoms with Crippen molar-refractivity contribution in [2.45, 2.75) is 31.7 Å². The quantitative estimate of drug-likeness (QED) is 0.806. The van der Waals surface area contributed by atoms with Gasteiger partial charge in [0.15, 0.2) is 0 Å². The van der Waals surface area contributed by atoms with Crippen molar-refractivity contribution in [3.63, 3.8) is 0 Å². The maximum atomic E-state index is 3.62. The Balaban J connectivity index is 2.16. The van der Waals surface area contributed by atoms with E-state index in [-0.39, 0.29) is 0 Å². The summed E-state index contributed by atoms with van der Waals surface area (Å²) in [4.78, 5) is 0. The van der Waals surface area contributed by atoms with Crippen molar-refractivity contribution in [3.8, 4) is 0 Å². The molecule has 0 saturated carbocycles. The summed E-state index contributed by atoms with van der Waals surface area (Å²) in [6, 6.07) is 9.08. The number of benzene rings is 1. The van der Waals surface area contributed by atoms with Gasteiger partial charge in [0.2, 0.25) is 0 Å². The zero-order valence-electron chi connectivity index (χ0n) is 8.30. The molecule has 0 radical (unpaired) electrons. The fourth-order valence-electron chi connectivity index (χ4n) is 2.05. The van der Waals surface area contributed by atoms with Crippen molar-refractivity contribution in [3.05, 3.63) is 34.3 Å². The number of nitrogens with one attached hydrogen (secondary N) is 1. The summed E-state index contributed by atoms with van der Waals surface area (Å²) < 4.78 is 1.24. The van der Waals surface area contributed by atoms with Crippen LogP contribution in [0.4, 0.5) is 0 Å². The molecular formula is C12H16BrN. The van der Waals surface area contributed by atoms with E-state index in [1.807, 2.05) is 0 Å². The molecule has 0 spiro atoms. The molecule has 1 heterocycles. The molecule has 1 atom stereocenters. The Kier molecular flexibility index (Phi) is 3.60. The molecular weight excluding hydrogens is 238 g/mol. The molecule has 2 rings (SSSR count). The van der Waals surface area contributed by atoms with Crippen LogP contribution in [0.25, 0.3) is 0 Å². The average molecular weight is 254 g/mol. The summed E-state index contributed by atoms with van der Waals surface area (Å²) >= 11 is 3.62. The predicted octanol–water partition coefficient (Wildman–Crippen LogP) is 3.65. The largest absolute Gasteiger partial charge is 0.310 e. The van der Waals surface area contributed by atoms with Crippen LogP contribution < -0.4 is 5.32 Å². The number of hydrogen-bond acceptors (Lipinski definition) is 1. The van der Waals surface area contributed by atoms with E-state index >= 15 is 0 Å². The van der Waals surface area contributed by atoms with Gasteiger partial charge in [-0.3, -0.25) is 0 Å². The predicted molar refractivity (Wildman–Crippen MR) is 63.4 cm³/mol. The van der Waals surface area contributed by atoms with E-state index in [0.717, 1.165) is 6.54 Å². The maximum absolute atomic E-state index is 3.62. The van der Waals surface area contributed by atoms with E-state index in [9.17, 15) is 0 Å². The Labute approximate surface area is 94.0 Å². The third-order valence-electron chi connectivity index (χ3n) is 2.84. The van der Waals surface area contributed by atoms with Crippen LogP contribution in [0, 0.1) is 0 Å². The van der Waals surface area contributed by atoms with Gasteiger partial charge in [0.25, 0.3) is 0 Å². The van der Waals surface area contributed by atoms with Crippen LogP contribution in [-0.2, 0) is 0 Å². The monoisotopic (exact) mass is 253 g/mol. The second kappa shape index (κ2) is 4.94. The summed E-state index contributed by atoms with van der Waals surface area (Å²) in [7, 11) is 0. The van der Waals surface area contributed by atoms with E-state index in [2.05, 4.69) is 45.5 Å². The Morgan fingerprint density at radius 3 is 2.86 bits per heavy atom. The van der Waals surface area contributed by atoms with Gasteiger partial charge in [0.05, 0.1) is 0 Å². The summed E-state index contributed by atoms with van der Waals surface area (Å²) in [6.07, 6.45) is 5.30. The smallest absolute Gasteiger partial charge is 0.0331 e. The number of hydrogen-bond donors (Lipinski definition) is 1. The molecule has 0 unspecified atom stereocenters. The van der Waals surface area contributed by atoms with Crippen molar-refractivity contribution in [1.29, 1.82) is 0 Å². The Hall–Kier alpha value is -0.340. The highest BCUT2D eigenvalue weighted by Crippen LogP contribution is 2.28. The zero-order valence-corrected chi connectivity index (χ0v) is 9.89. The summed E-state index contributed by atoms with van der Waals surface area (Å²) in [5, 5.41) is 3.61. The van der Waals surface area contributed by atoms with Gasteiger partial charge in [0.1, 0.15) is 0 Å². The summed E-state index contributed by atoms with van der Waals surface area (Å²) in [5.74, 6) is 0. The van der Waals surface area contributed by atoms with Gasteiger partial charge >= 0.3 is 0 Å². The lowest BCUT2D eigenvalue weighted by Gasteiger charge is -2.17. The van der Waals surface area contributed by atoms with Crippen molar-refractivity contribution in [2.75, 3.05) is 6.54 Å². The van der Waals surface area contributed by atoms with E-state index < -0.39 is 0 Å². The molecule has 1 aromatic carbocycles. The molecule has 2 heteroatoms. The molecule has 1 saturated heterocycles. The highest BCUT2D eigenvalue weighted by Gasteiger charge is 2.15. The van der Waals surface area contributed by atoms with Crippen molar-refractivity contribution >= 4 is 15.9 Å². The van der Waals surface area contributed by atoms with Crippen molar-refractivity contribution < 1.29 is 0 Å². The van der Waals surface area contributed by atoms with Gasteiger partial charge in [-0.05, 0) is 31.0 Å². The van der Waals surface area contributed by atoms with Gasteiger partial charge in [-0.25, -0.2) is 0 Å². The van der Waals surface area contributed by atoms with Crippen LogP contribution in [0.3, 0.4) is 0 Å². The minimum absolute atomic E-state index is 0.549. The SMILES string of the molecule is Brc1ccccc1[C@@H]1CCCCCN1.